The SMILES string of the molecule is Cc1cc2c(cc1CN1CC[C@H](O)[C@H](C(=O)O)C1)OCO2. The average Bonchev–Trinajstić information content (AvgIpc) is 2.88. The van der Waals surface area contributed by atoms with Crippen LogP contribution in [0.3, 0.4) is 0 Å². The number of carbonyl (C=O) groups is 1. The van der Waals surface area contributed by atoms with Crippen molar-refractivity contribution in [1.82, 2.24) is 4.90 Å². The fourth-order valence-corrected chi connectivity index (χ4v) is 2.89. The summed E-state index contributed by atoms with van der Waals surface area (Å²) in [6, 6.07) is 3.91. The summed E-state index contributed by atoms with van der Waals surface area (Å²) in [5.74, 6) is -0.154. The van der Waals surface area contributed by atoms with Crippen LogP contribution in [0.25, 0.3) is 0 Å². The highest BCUT2D eigenvalue weighted by molar-refractivity contribution is 5.71. The number of likely N-dealkylation sites (tertiary alicyclic amines) is 1. The lowest BCUT2D eigenvalue weighted by Crippen LogP contribution is -2.46. The van der Waals surface area contributed by atoms with Crippen LogP contribution in [0.4, 0.5) is 0 Å². The van der Waals surface area contributed by atoms with Gasteiger partial charge in [0.15, 0.2) is 11.5 Å². The van der Waals surface area contributed by atoms with Crippen molar-refractivity contribution in [2.24, 2.45) is 5.92 Å². The molecule has 2 heterocycles. The van der Waals surface area contributed by atoms with Crippen molar-refractivity contribution in [2.45, 2.75) is 26.0 Å². The van der Waals surface area contributed by atoms with Crippen LogP contribution in [0.15, 0.2) is 12.1 Å². The van der Waals surface area contributed by atoms with Crippen LogP contribution in [0.5, 0.6) is 11.5 Å². The lowest BCUT2D eigenvalue weighted by molar-refractivity contribution is -0.149. The zero-order valence-corrected chi connectivity index (χ0v) is 11.9. The fraction of sp³-hybridized carbons (Fsp3) is 0.533. The summed E-state index contributed by atoms with van der Waals surface area (Å²) in [5, 5.41) is 18.9. The van der Waals surface area contributed by atoms with E-state index in [0.717, 1.165) is 22.6 Å². The zero-order chi connectivity index (χ0) is 15.0. The molecule has 1 aromatic rings. The van der Waals surface area contributed by atoms with Gasteiger partial charge in [0.05, 0.1) is 12.0 Å². The number of carboxylic acids is 1. The molecular formula is C15H19NO5. The predicted molar refractivity (Wildman–Crippen MR) is 74.3 cm³/mol. The Hall–Kier alpha value is -1.79. The lowest BCUT2D eigenvalue weighted by atomic mass is 9.94. The summed E-state index contributed by atoms with van der Waals surface area (Å²) in [6.45, 7) is 3.96. The fourth-order valence-electron chi connectivity index (χ4n) is 2.89. The summed E-state index contributed by atoms with van der Waals surface area (Å²) in [5.41, 5.74) is 2.19. The van der Waals surface area contributed by atoms with Gasteiger partial charge < -0.3 is 19.7 Å². The molecule has 1 saturated heterocycles. The lowest BCUT2D eigenvalue weighted by Gasteiger charge is -2.34. The standard InChI is InChI=1S/C15H19NO5/c1-9-4-13-14(21-8-20-13)5-10(9)6-16-3-2-12(17)11(7-16)15(18)19/h4-5,11-12,17H,2-3,6-8H2,1H3,(H,18,19)/t11-,12+/m1/s1. The van der Waals surface area contributed by atoms with Crippen LogP contribution in [0, 0.1) is 12.8 Å². The van der Waals surface area contributed by atoms with Gasteiger partial charge in [-0.05, 0) is 36.6 Å². The second-order valence-electron chi connectivity index (χ2n) is 5.67. The summed E-state index contributed by atoms with van der Waals surface area (Å²) in [4.78, 5) is 13.2. The van der Waals surface area contributed by atoms with Crippen molar-refractivity contribution in [1.29, 1.82) is 0 Å². The van der Waals surface area contributed by atoms with Crippen LogP contribution in [-0.2, 0) is 11.3 Å². The molecule has 3 rings (SSSR count). The van der Waals surface area contributed by atoms with Crippen molar-refractivity contribution in [3.8, 4) is 11.5 Å². The van der Waals surface area contributed by atoms with Gasteiger partial charge in [0.1, 0.15) is 0 Å². The van der Waals surface area contributed by atoms with E-state index in [1.165, 1.54) is 0 Å². The molecule has 0 unspecified atom stereocenters. The van der Waals surface area contributed by atoms with Crippen LogP contribution >= 0.6 is 0 Å². The molecule has 0 bridgehead atoms. The Morgan fingerprint density at radius 3 is 2.81 bits per heavy atom. The van der Waals surface area contributed by atoms with Gasteiger partial charge in [0, 0.05) is 19.6 Å². The number of aryl methyl sites for hydroxylation is 1. The summed E-state index contributed by atoms with van der Waals surface area (Å²) in [7, 11) is 0. The minimum Gasteiger partial charge on any atom is -0.481 e. The summed E-state index contributed by atoms with van der Waals surface area (Å²) >= 11 is 0. The van der Waals surface area contributed by atoms with E-state index in [9.17, 15) is 9.90 Å². The average molecular weight is 293 g/mol. The Labute approximate surface area is 122 Å². The van der Waals surface area contributed by atoms with E-state index in [4.69, 9.17) is 14.6 Å². The Morgan fingerprint density at radius 1 is 1.38 bits per heavy atom. The molecule has 2 atom stereocenters. The number of rotatable bonds is 3. The van der Waals surface area contributed by atoms with Crippen LogP contribution < -0.4 is 9.47 Å². The van der Waals surface area contributed by atoms with Crippen molar-refractivity contribution in [3.05, 3.63) is 23.3 Å². The molecule has 0 aromatic heterocycles. The Kier molecular flexibility index (Phi) is 3.73. The van der Waals surface area contributed by atoms with Gasteiger partial charge >= 0.3 is 5.97 Å². The quantitative estimate of drug-likeness (QED) is 0.865. The highest BCUT2D eigenvalue weighted by atomic mass is 16.7. The Morgan fingerprint density at radius 2 is 2.10 bits per heavy atom. The maximum absolute atomic E-state index is 11.2. The van der Waals surface area contributed by atoms with Gasteiger partial charge in [0.25, 0.3) is 0 Å². The van der Waals surface area contributed by atoms with E-state index in [1.807, 2.05) is 19.1 Å². The highest BCUT2D eigenvalue weighted by Crippen LogP contribution is 2.35. The van der Waals surface area contributed by atoms with Crippen molar-refractivity contribution >= 4 is 5.97 Å². The normalized spacial score (nSPS) is 25.0. The molecule has 0 spiro atoms. The number of fused-ring (bicyclic) bond motifs is 1. The molecular weight excluding hydrogens is 274 g/mol. The first-order valence-electron chi connectivity index (χ1n) is 7.07. The first-order chi connectivity index (χ1) is 10.0. The van der Waals surface area contributed by atoms with Crippen LogP contribution in [0.1, 0.15) is 17.5 Å². The van der Waals surface area contributed by atoms with E-state index in [1.54, 1.807) is 0 Å². The number of aliphatic carboxylic acids is 1. The minimum absolute atomic E-state index is 0.245. The number of benzene rings is 1. The largest absolute Gasteiger partial charge is 0.481 e. The van der Waals surface area contributed by atoms with Gasteiger partial charge in [-0.2, -0.15) is 0 Å². The number of ether oxygens (including phenoxy) is 2. The van der Waals surface area contributed by atoms with Gasteiger partial charge in [-0.1, -0.05) is 0 Å². The van der Waals surface area contributed by atoms with E-state index in [-0.39, 0.29) is 6.79 Å². The van der Waals surface area contributed by atoms with Crippen molar-refractivity contribution in [2.75, 3.05) is 19.9 Å². The van der Waals surface area contributed by atoms with Crippen molar-refractivity contribution < 1.29 is 24.5 Å². The van der Waals surface area contributed by atoms with Crippen LogP contribution in [-0.4, -0.2) is 47.1 Å². The Bertz CT molecular complexity index is 559. The van der Waals surface area contributed by atoms with E-state index in [0.29, 0.717) is 26.1 Å². The van der Waals surface area contributed by atoms with E-state index in [2.05, 4.69) is 4.90 Å². The molecule has 0 aliphatic carbocycles. The molecule has 6 heteroatoms. The molecule has 0 radical (unpaired) electrons. The highest BCUT2D eigenvalue weighted by Gasteiger charge is 2.33. The molecule has 2 aliphatic heterocycles. The number of hydrogen-bond acceptors (Lipinski definition) is 5. The molecule has 0 saturated carbocycles. The second-order valence-corrected chi connectivity index (χ2v) is 5.67. The molecule has 1 fully saturated rings. The summed E-state index contributed by atoms with van der Waals surface area (Å²) in [6.07, 6.45) is -0.266. The maximum Gasteiger partial charge on any atom is 0.310 e. The number of carboxylic acid groups (broad SMARTS) is 1. The topological polar surface area (TPSA) is 79.2 Å². The predicted octanol–water partition coefficient (Wildman–Crippen LogP) is 0.991. The third-order valence-electron chi connectivity index (χ3n) is 4.20. The number of nitrogens with zero attached hydrogens (tertiary/aromatic N) is 1. The molecule has 1 aromatic carbocycles. The molecule has 2 N–H and O–H groups in total. The zero-order valence-electron chi connectivity index (χ0n) is 11.9. The minimum atomic E-state index is -0.936. The molecule has 114 valence electrons. The molecule has 21 heavy (non-hydrogen) atoms. The Balaban J connectivity index is 1.73. The number of aliphatic hydroxyl groups is 1. The third-order valence-corrected chi connectivity index (χ3v) is 4.20. The number of piperidine rings is 1. The van der Waals surface area contributed by atoms with Crippen LogP contribution in [0.2, 0.25) is 0 Å². The number of aliphatic hydroxyl groups excluding tert-OH is 1. The maximum atomic E-state index is 11.2. The van der Waals surface area contributed by atoms with Gasteiger partial charge in [-0.25, -0.2) is 0 Å². The smallest absolute Gasteiger partial charge is 0.310 e. The summed E-state index contributed by atoms with van der Waals surface area (Å²) < 4.78 is 10.7. The molecule has 6 nitrogen and oxygen atoms in total. The molecule has 0 amide bonds. The van der Waals surface area contributed by atoms with Gasteiger partial charge in [-0.3, -0.25) is 9.69 Å². The van der Waals surface area contributed by atoms with E-state index < -0.39 is 18.0 Å². The molecule has 2 aliphatic rings. The third kappa shape index (κ3) is 2.82. The van der Waals surface area contributed by atoms with Gasteiger partial charge in [0.2, 0.25) is 6.79 Å². The second kappa shape index (κ2) is 5.54. The van der Waals surface area contributed by atoms with E-state index >= 15 is 0 Å². The van der Waals surface area contributed by atoms with Gasteiger partial charge in [-0.15, -0.1) is 0 Å². The first-order valence-corrected chi connectivity index (χ1v) is 7.07. The monoisotopic (exact) mass is 293 g/mol. The first kappa shape index (κ1) is 14.2. The van der Waals surface area contributed by atoms with Crippen molar-refractivity contribution in [3.63, 3.8) is 0 Å². The number of hydrogen-bond donors (Lipinski definition) is 2.